The molecular formula is C15H32N2O4. The Bertz CT molecular complexity index is 228. The molecule has 0 aromatic carbocycles. The molecule has 0 atom stereocenters. The van der Waals surface area contributed by atoms with Crippen molar-refractivity contribution in [3.8, 4) is 0 Å². The number of amidine groups is 1. The van der Waals surface area contributed by atoms with Gasteiger partial charge in [-0.25, -0.2) is 0 Å². The zero-order valence-corrected chi connectivity index (χ0v) is 13.4. The normalized spacial score (nSPS) is 10.9. The second-order valence-electron chi connectivity index (χ2n) is 4.79. The SMILES string of the molecule is CCCCOCCOCCOCCOCCCCC(=N)N. The molecule has 21 heavy (non-hydrogen) atoms. The Morgan fingerprint density at radius 2 is 1.14 bits per heavy atom. The predicted octanol–water partition coefficient (Wildman–Crippen LogP) is 1.96. The van der Waals surface area contributed by atoms with Gasteiger partial charge >= 0.3 is 0 Å². The Morgan fingerprint density at radius 3 is 1.57 bits per heavy atom. The quantitative estimate of drug-likeness (QED) is 0.244. The molecular weight excluding hydrogens is 272 g/mol. The second kappa shape index (κ2) is 17.4. The zero-order chi connectivity index (χ0) is 15.6. The van der Waals surface area contributed by atoms with Crippen LogP contribution in [0.1, 0.15) is 39.0 Å². The lowest BCUT2D eigenvalue weighted by molar-refractivity contribution is -0.00231. The van der Waals surface area contributed by atoms with E-state index in [-0.39, 0.29) is 5.84 Å². The number of ether oxygens (including phenoxy) is 4. The van der Waals surface area contributed by atoms with Crippen molar-refractivity contribution in [1.29, 1.82) is 5.41 Å². The van der Waals surface area contributed by atoms with E-state index in [0.717, 1.165) is 32.3 Å². The highest BCUT2D eigenvalue weighted by atomic mass is 16.6. The summed E-state index contributed by atoms with van der Waals surface area (Å²) in [6.07, 6.45) is 4.76. The van der Waals surface area contributed by atoms with Gasteiger partial charge in [-0.1, -0.05) is 13.3 Å². The maximum atomic E-state index is 7.07. The summed E-state index contributed by atoms with van der Waals surface area (Å²) < 4.78 is 21.5. The van der Waals surface area contributed by atoms with E-state index in [4.69, 9.17) is 30.1 Å². The molecule has 6 heteroatoms. The van der Waals surface area contributed by atoms with Crippen molar-refractivity contribution in [3.63, 3.8) is 0 Å². The van der Waals surface area contributed by atoms with Crippen molar-refractivity contribution in [2.75, 3.05) is 52.9 Å². The van der Waals surface area contributed by atoms with Crippen molar-refractivity contribution in [3.05, 3.63) is 0 Å². The van der Waals surface area contributed by atoms with Crippen LogP contribution in [-0.4, -0.2) is 58.7 Å². The standard InChI is InChI=1S/C15H32N2O4/c1-2-3-7-18-9-11-20-13-14-21-12-10-19-8-5-4-6-15(16)17/h2-14H2,1H3,(H3,16,17). The van der Waals surface area contributed by atoms with E-state index in [0.29, 0.717) is 52.7 Å². The second-order valence-corrected chi connectivity index (χ2v) is 4.79. The molecule has 0 aliphatic heterocycles. The van der Waals surface area contributed by atoms with Crippen LogP contribution in [-0.2, 0) is 18.9 Å². The zero-order valence-electron chi connectivity index (χ0n) is 13.4. The molecule has 0 spiro atoms. The van der Waals surface area contributed by atoms with Crippen molar-refractivity contribution < 1.29 is 18.9 Å². The molecule has 0 bridgehead atoms. The van der Waals surface area contributed by atoms with Gasteiger partial charge in [0.15, 0.2) is 0 Å². The summed E-state index contributed by atoms with van der Waals surface area (Å²) in [5, 5.41) is 7.07. The third kappa shape index (κ3) is 19.3. The summed E-state index contributed by atoms with van der Waals surface area (Å²) in [6.45, 7) is 7.31. The first-order valence-electron chi connectivity index (χ1n) is 7.91. The molecule has 0 heterocycles. The third-order valence-electron chi connectivity index (χ3n) is 2.74. The third-order valence-corrected chi connectivity index (χ3v) is 2.74. The number of hydrogen-bond acceptors (Lipinski definition) is 5. The molecule has 0 radical (unpaired) electrons. The molecule has 0 saturated carbocycles. The van der Waals surface area contributed by atoms with E-state index in [9.17, 15) is 0 Å². The number of unbranched alkanes of at least 4 members (excludes halogenated alkanes) is 2. The molecule has 126 valence electrons. The smallest absolute Gasteiger partial charge is 0.0905 e. The van der Waals surface area contributed by atoms with Gasteiger partial charge in [0, 0.05) is 19.6 Å². The lowest BCUT2D eigenvalue weighted by Crippen LogP contribution is -2.12. The van der Waals surface area contributed by atoms with Crippen LogP contribution in [0.5, 0.6) is 0 Å². The van der Waals surface area contributed by atoms with E-state index in [1.165, 1.54) is 0 Å². The van der Waals surface area contributed by atoms with Gasteiger partial charge in [-0.05, 0) is 19.3 Å². The Kier molecular flexibility index (Phi) is 16.8. The van der Waals surface area contributed by atoms with Crippen molar-refractivity contribution in [2.45, 2.75) is 39.0 Å². The minimum Gasteiger partial charge on any atom is -0.388 e. The highest BCUT2D eigenvalue weighted by Crippen LogP contribution is 1.95. The first kappa shape index (κ1) is 20.3. The highest BCUT2D eigenvalue weighted by molar-refractivity contribution is 5.76. The Morgan fingerprint density at radius 1 is 0.714 bits per heavy atom. The van der Waals surface area contributed by atoms with E-state index < -0.39 is 0 Å². The van der Waals surface area contributed by atoms with E-state index in [1.54, 1.807) is 0 Å². The van der Waals surface area contributed by atoms with Crippen molar-refractivity contribution in [1.82, 2.24) is 0 Å². The highest BCUT2D eigenvalue weighted by Gasteiger charge is 1.94. The summed E-state index contributed by atoms with van der Waals surface area (Å²) >= 11 is 0. The first-order chi connectivity index (χ1) is 10.3. The van der Waals surface area contributed by atoms with Gasteiger partial charge in [0.25, 0.3) is 0 Å². The van der Waals surface area contributed by atoms with Gasteiger partial charge in [0.05, 0.1) is 45.5 Å². The van der Waals surface area contributed by atoms with Crippen LogP contribution in [0.25, 0.3) is 0 Å². The molecule has 0 saturated heterocycles. The van der Waals surface area contributed by atoms with Crippen LogP contribution in [0.4, 0.5) is 0 Å². The molecule has 0 aliphatic rings. The van der Waals surface area contributed by atoms with Gasteiger partial charge in [0.1, 0.15) is 0 Å². The summed E-state index contributed by atoms with van der Waals surface area (Å²) in [4.78, 5) is 0. The Hall–Kier alpha value is -0.690. The minimum absolute atomic E-state index is 0.245. The minimum atomic E-state index is 0.245. The van der Waals surface area contributed by atoms with Gasteiger partial charge in [-0.3, -0.25) is 5.41 Å². The number of rotatable bonds is 17. The lowest BCUT2D eigenvalue weighted by atomic mass is 10.2. The topological polar surface area (TPSA) is 86.8 Å². The molecule has 0 rings (SSSR count). The molecule has 0 aromatic heterocycles. The fourth-order valence-corrected chi connectivity index (χ4v) is 1.53. The lowest BCUT2D eigenvalue weighted by Gasteiger charge is -2.07. The molecule has 0 fully saturated rings. The van der Waals surface area contributed by atoms with Crippen LogP contribution in [0.3, 0.4) is 0 Å². The maximum absolute atomic E-state index is 7.07. The number of nitrogens with two attached hydrogens (primary N) is 1. The number of nitrogens with one attached hydrogen (secondary N) is 1. The van der Waals surface area contributed by atoms with Crippen LogP contribution < -0.4 is 5.73 Å². The van der Waals surface area contributed by atoms with Gasteiger partial charge in [-0.2, -0.15) is 0 Å². The maximum Gasteiger partial charge on any atom is 0.0905 e. The fraction of sp³-hybridized carbons (Fsp3) is 0.933. The average Bonchev–Trinajstić information content (AvgIpc) is 2.46. The van der Waals surface area contributed by atoms with Crippen LogP contribution >= 0.6 is 0 Å². The van der Waals surface area contributed by atoms with Gasteiger partial charge < -0.3 is 24.7 Å². The molecule has 0 aromatic rings. The first-order valence-corrected chi connectivity index (χ1v) is 7.91. The summed E-state index contributed by atoms with van der Waals surface area (Å²) in [5.41, 5.74) is 5.26. The van der Waals surface area contributed by atoms with E-state index in [1.807, 2.05) is 0 Å². The monoisotopic (exact) mass is 304 g/mol. The van der Waals surface area contributed by atoms with Crippen molar-refractivity contribution in [2.24, 2.45) is 5.73 Å². The van der Waals surface area contributed by atoms with Gasteiger partial charge in [-0.15, -0.1) is 0 Å². The molecule has 0 unspecified atom stereocenters. The van der Waals surface area contributed by atoms with E-state index in [2.05, 4.69) is 6.92 Å². The molecule has 3 N–H and O–H groups in total. The van der Waals surface area contributed by atoms with Crippen LogP contribution in [0, 0.1) is 5.41 Å². The largest absolute Gasteiger partial charge is 0.388 e. The average molecular weight is 304 g/mol. The van der Waals surface area contributed by atoms with E-state index >= 15 is 0 Å². The summed E-state index contributed by atoms with van der Waals surface area (Å²) in [6, 6.07) is 0. The van der Waals surface area contributed by atoms with Crippen LogP contribution in [0.2, 0.25) is 0 Å². The van der Waals surface area contributed by atoms with Gasteiger partial charge in [0.2, 0.25) is 0 Å². The fourth-order valence-electron chi connectivity index (χ4n) is 1.53. The van der Waals surface area contributed by atoms with Crippen molar-refractivity contribution >= 4 is 5.84 Å². The summed E-state index contributed by atoms with van der Waals surface area (Å²) in [5.74, 6) is 0.245. The number of hydrogen-bond donors (Lipinski definition) is 2. The Labute approximate surface area is 128 Å². The molecule has 6 nitrogen and oxygen atoms in total. The summed E-state index contributed by atoms with van der Waals surface area (Å²) in [7, 11) is 0. The van der Waals surface area contributed by atoms with Crippen LogP contribution in [0.15, 0.2) is 0 Å². The molecule has 0 aliphatic carbocycles. The Balaban J connectivity index is 2.95. The molecule has 0 amide bonds. The predicted molar refractivity (Wildman–Crippen MR) is 83.9 cm³/mol.